The zero-order valence-electron chi connectivity index (χ0n) is 8.51. The normalized spacial score (nSPS) is 32.8. The van der Waals surface area contributed by atoms with E-state index in [4.69, 9.17) is 0 Å². The molecule has 1 heterocycles. The van der Waals surface area contributed by atoms with Crippen molar-refractivity contribution in [3.8, 4) is 0 Å². The van der Waals surface area contributed by atoms with E-state index in [2.05, 4.69) is 18.7 Å². The molecule has 0 aliphatic carbocycles. The van der Waals surface area contributed by atoms with Crippen LogP contribution in [-0.4, -0.2) is 35.2 Å². The molecule has 1 N–H and O–H groups in total. The molecule has 0 amide bonds. The first-order valence-electron chi connectivity index (χ1n) is 4.94. The van der Waals surface area contributed by atoms with Gasteiger partial charge in [0, 0.05) is 13.1 Å². The van der Waals surface area contributed by atoms with Crippen molar-refractivity contribution in [2.75, 3.05) is 19.6 Å². The number of rotatable bonds is 2. The van der Waals surface area contributed by atoms with Crippen LogP contribution in [0.1, 0.15) is 33.6 Å². The molecule has 0 saturated carbocycles. The van der Waals surface area contributed by atoms with E-state index in [1.165, 1.54) is 0 Å². The van der Waals surface area contributed by atoms with Gasteiger partial charge in [0.25, 0.3) is 0 Å². The van der Waals surface area contributed by atoms with Crippen molar-refractivity contribution in [1.82, 2.24) is 4.90 Å². The lowest BCUT2D eigenvalue weighted by molar-refractivity contribution is -0.0185. The Morgan fingerprint density at radius 3 is 2.67 bits per heavy atom. The molecule has 2 heteroatoms. The smallest absolute Gasteiger partial charge is 0.0746 e. The van der Waals surface area contributed by atoms with Crippen molar-refractivity contribution in [2.24, 2.45) is 5.92 Å². The summed E-state index contributed by atoms with van der Waals surface area (Å²) in [5.74, 6) is 0.707. The molecule has 0 radical (unpaired) electrons. The van der Waals surface area contributed by atoms with Gasteiger partial charge in [0.15, 0.2) is 0 Å². The van der Waals surface area contributed by atoms with Crippen molar-refractivity contribution < 1.29 is 5.11 Å². The van der Waals surface area contributed by atoms with E-state index in [9.17, 15) is 5.11 Å². The van der Waals surface area contributed by atoms with Crippen molar-refractivity contribution in [3.05, 3.63) is 0 Å². The SMILES string of the molecule is CC(C)CN1CCC[C@@](C)(O)C1. The summed E-state index contributed by atoms with van der Waals surface area (Å²) in [6, 6.07) is 0. The predicted octanol–water partition coefficient (Wildman–Crippen LogP) is 1.49. The molecule has 0 bridgehead atoms. The largest absolute Gasteiger partial charge is 0.389 e. The maximum absolute atomic E-state index is 9.82. The zero-order chi connectivity index (χ0) is 9.19. The van der Waals surface area contributed by atoms with Crippen LogP contribution in [0.3, 0.4) is 0 Å². The minimum Gasteiger partial charge on any atom is -0.389 e. The molecule has 0 aromatic rings. The summed E-state index contributed by atoms with van der Waals surface area (Å²) in [7, 11) is 0. The molecule has 1 fully saturated rings. The summed E-state index contributed by atoms with van der Waals surface area (Å²) >= 11 is 0. The highest BCUT2D eigenvalue weighted by Crippen LogP contribution is 2.20. The Hall–Kier alpha value is -0.0800. The number of hydrogen-bond acceptors (Lipinski definition) is 2. The molecule has 0 aromatic heterocycles. The lowest BCUT2D eigenvalue weighted by Crippen LogP contribution is -2.47. The Kier molecular flexibility index (Phi) is 3.13. The number of hydrogen-bond donors (Lipinski definition) is 1. The highest BCUT2D eigenvalue weighted by molar-refractivity contribution is 4.82. The molecule has 1 atom stereocenters. The molecular weight excluding hydrogens is 150 g/mol. The average molecular weight is 171 g/mol. The topological polar surface area (TPSA) is 23.5 Å². The highest BCUT2D eigenvalue weighted by Gasteiger charge is 2.28. The van der Waals surface area contributed by atoms with Crippen LogP contribution >= 0.6 is 0 Å². The standard InChI is InChI=1S/C10H21NO/c1-9(2)7-11-6-4-5-10(3,12)8-11/h9,12H,4-8H2,1-3H3/t10-/m1/s1. The second-order valence-electron chi connectivity index (χ2n) is 4.73. The van der Waals surface area contributed by atoms with E-state index in [1.54, 1.807) is 0 Å². The molecule has 1 aliphatic rings. The maximum Gasteiger partial charge on any atom is 0.0746 e. The first-order chi connectivity index (χ1) is 5.49. The first-order valence-corrected chi connectivity index (χ1v) is 4.94. The van der Waals surface area contributed by atoms with Crippen molar-refractivity contribution in [3.63, 3.8) is 0 Å². The Labute approximate surface area is 75.6 Å². The molecule has 12 heavy (non-hydrogen) atoms. The van der Waals surface area contributed by atoms with Gasteiger partial charge < -0.3 is 10.0 Å². The van der Waals surface area contributed by atoms with E-state index in [0.29, 0.717) is 5.92 Å². The molecule has 2 nitrogen and oxygen atoms in total. The van der Waals surface area contributed by atoms with Gasteiger partial charge in [-0.1, -0.05) is 13.8 Å². The van der Waals surface area contributed by atoms with Gasteiger partial charge in [-0.3, -0.25) is 0 Å². The van der Waals surface area contributed by atoms with Crippen molar-refractivity contribution >= 4 is 0 Å². The van der Waals surface area contributed by atoms with Crippen LogP contribution in [-0.2, 0) is 0 Å². The van der Waals surface area contributed by atoms with Gasteiger partial charge in [-0.15, -0.1) is 0 Å². The fourth-order valence-electron chi connectivity index (χ4n) is 2.00. The third kappa shape index (κ3) is 3.11. The van der Waals surface area contributed by atoms with Crippen LogP contribution in [0.4, 0.5) is 0 Å². The Bertz CT molecular complexity index is 143. The molecule has 1 aliphatic heterocycles. The Morgan fingerprint density at radius 2 is 2.17 bits per heavy atom. The Balaban J connectivity index is 2.36. The first kappa shape index (κ1) is 10.0. The summed E-state index contributed by atoms with van der Waals surface area (Å²) in [6.07, 6.45) is 2.10. The summed E-state index contributed by atoms with van der Waals surface area (Å²) < 4.78 is 0. The summed E-state index contributed by atoms with van der Waals surface area (Å²) in [5, 5.41) is 9.82. The lowest BCUT2D eigenvalue weighted by Gasteiger charge is -2.37. The quantitative estimate of drug-likeness (QED) is 0.680. The second kappa shape index (κ2) is 3.75. The minimum absolute atomic E-state index is 0.437. The zero-order valence-corrected chi connectivity index (χ0v) is 8.51. The van der Waals surface area contributed by atoms with Gasteiger partial charge in [-0.2, -0.15) is 0 Å². The highest BCUT2D eigenvalue weighted by atomic mass is 16.3. The van der Waals surface area contributed by atoms with Crippen LogP contribution in [0.2, 0.25) is 0 Å². The molecule has 0 aromatic carbocycles. The molecule has 1 saturated heterocycles. The van der Waals surface area contributed by atoms with Crippen LogP contribution in [0.5, 0.6) is 0 Å². The van der Waals surface area contributed by atoms with E-state index in [1.807, 2.05) is 6.92 Å². The number of piperidine rings is 1. The maximum atomic E-state index is 9.82. The van der Waals surface area contributed by atoms with Crippen molar-refractivity contribution in [1.29, 1.82) is 0 Å². The molecule has 1 rings (SSSR count). The minimum atomic E-state index is -0.437. The van der Waals surface area contributed by atoms with E-state index >= 15 is 0 Å². The fraction of sp³-hybridized carbons (Fsp3) is 1.00. The molecule has 0 unspecified atom stereocenters. The average Bonchev–Trinajstić information content (AvgIpc) is 1.82. The third-order valence-electron chi connectivity index (χ3n) is 2.38. The summed E-state index contributed by atoms with van der Waals surface area (Å²) in [4.78, 5) is 2.37. The van der Waals surface area contributed by atoms with Crippen LogP contribution in [0, 0.1) is 5.92 Å². The van der Waals surface area contributed by atoms with Gasteiger partial charge >= 0.3 is 0 Å². The van der Waals surface area contributed by atoms with Crippen LogP contribution in [0.25, 0.3) is 0 Å². The molecular formula is C10H21NO. The van der Waals surface area contributed by atoms with Gasteiger partial charge in [0.2, 0.25) is 0 Å². The van der Waals surface area contributed by atoms with Gasteiger partial charge in [0.05, 0.1) is 5.60 Å². The van der Waals surface area contributed by atoms with E-state index < -0.39 is 5.60 Å². The summed E-state index contributed by atoms with van der Waals surface area (Å²) in [5.41, 5.74) is -0.437. The number of aliphatic hydroxyl groups is 1. The Morgan fingerprint density at radius 1 is 1.50 bits per heavy atom. The predicted molar refractivity (Wildman–Crippen MR) is 51.1 cm³/mol. The number of nitrogens with zero attached hydrogens (tertiary/aromatic N) is 1. The van der Waals surface area contributed by atoms with Gasteiger partial charge in [-0.05, 0) is 32.2 Å². The van der Waals surface area contributed by atoms with E-state index in [-0.39, 0.29) is 0 Å². The number of β-amino-alcohol motifs (C(OH)–C–C–N with tert-alkyl or cyclic N) is 1. The lowest BCUT2D eigenvalue weighted by atomic mass is 9.94. The van der Waals surface area contributed by atoms with Gasteiger partial charge in [-0.25, -0.2) is 0 Å². The van der Waals surface area contributed by atoms with E-state index in [0.717, 1.165) is 32.5 Å². The second-order valence-corrected chi connectivity index (χ2v) is 4.73. The monoisotopic (exact) mass is 171 g/mol. The third-order valence-corrected chi connectivity index (χ3v) is 2.38. The summed E-state index contributed by atoms with van der Waals surface area (Å²) in [6.45, 7) is 9.53. The van der Waals surface area contributed by atoms with Crippen molar-refractivity contribution in [2.45, 2.75) is 39.2 Å². The fourth-order valence-corrected chi connectivity index (χ4v) is 2.00. The number of likely N-dealkylation sites (tertiary alicyclic amines) is 1. The van der Waals surface area contributed by atoms with Crippen LogP contribution < -0.4 is 0 Å². The van der Waals surface area contributed by atoms with Gasteiger partial charge in [0.1, 0.15) is 0 Å². The van der Waals surface area contributed by atoms with Crippen LogP contribution in [0.15, 0.2) is 0 Å². The molecule has 72 valence electrons. The molecule has 0 spiro atoms.